The minimum atomic E-state index is -3.11. The molecule has 0 aliphatic heterocycles. The predicted molar refractivity (Wildman–Crippen MR) is 49.4 cm³/mol. The first-order chi connectivity index (χ1) is 7.88. The Bertz CT molecular complexity index is 442. The average molecular weight is 248 g/mol. The van der Waals surface area contributed by atoms with E-state index in [1.54, 1.807) is 0 Å². The molecule has 0 aliphatic rings. The maximum atomic E-state index is 12.4. The van der Waals surface area contributed by atoms with Crippen molar-refractivity contribution in [2.24, 2.45) is 0 Å². The Morgan fingerprint density at radius 3 is 2.59 bits per heavy atom. The topological polar surface area (TPSA) is 103 Å². The van der Waals surface area contributed by atoms with Crippen LogP contribution in [0.5, 0.6) is 5.75 Å². The van der Waals surface area contributed by atoms with E-state index in [0.29, 0.717) is 6.07 Å². The molecule has 0 aromatic carbocycles. The molecule has 1 aromatic heterocycles. The van der Waals surface area contributed by atoms with Gasteiger partial charge in [0.1, 0.15) is 5.56 Å². The highest BCUT2D eigenvalue weighted by Crippen LogP contribution is 2.32. The molecule has 17 heavy (non-hydrogen) atoms. The number of nitrogens with zero attached hydrogens (tertiary/aromatic N) is 2. The van der Waals surface area contributed by atoms with E-state index in [1.165, 1.54) is 0 Å². The zero-order valence-corrected chi connectivity index (χ0v) is 8.39. The number of hydrogen-bond acceptors (Lipinski definition) is 5. The number of carboxylic acids is 1. The summed E-state index contributed by atoms with van der Waals surface area (Å²) >= 11 is 0. The van der Waals surface area contributed by atoms with Gasteiger partial charge in [-0.1, -0.05) is 0 Å². The van der Waals surface area contributed by atoms with E-state index in [2.05, 4.69) is 9.72 Å². The molecule has 0 fully saturated rings. The number of alkyl halides is 2. The summed E-state index contributed by atoms with van der Waals surface area (Å²) in [7, 11) is 0.985. The second-order valence-corrected chi connectivity index (χ2v) is 2.81. The molecule has 0 saturated heterocycles. The van der Waals surface area contributed by atoms with Gasteiger partial charge in [-0.05, 0) is 9.91 Å². The van der Waals surface area contributed by atoms with E-state index in [1.807, 2.05) is 0 Å². The van der Waals surface area contributed by atoms with Gasteiger partial charge in [0.2, 0.25) is 11.4 Å². The number of aromatic nitrogens is 1. The fourth-order valence-electron chi connectivity index (χ4n) is 1.13. The molecule has 1 rings (SSSR count). The smallest absolute Gasteiger partial charge is 0.407 e. The van der Waals surface area contributed by atoms with Crippen molar-refractivity contribution < 1.29 is 28.3 Å². The summed E-state index contributed by atoms with van der Waals surface area (Å²) in [5, 5.41) is 19.3. The molecule has 1 aromatic rings. The van der Waals surface area contributed by atoms with Gasteiger partial charge in [0.15, 0.2) is 0 Å². The third-order valence-corrected chi connectivity index (χ3v) is 1.81. The van der Waals surface area contributed by atoms with Crippen LogP contribution >= 0.6 is 0 Å². The number of nitro groups is 1. The van der Waals surface area contributed by atoms with E-state index >= 15 is 0 Å². The van der Waals surface area contributed by atoms with Gasteiger partial charge in [0, 0.05) is 6.07 Å². The molecule has 0 atom stereocenters. The number of carbonyl (C=O) groups is 1. The second kappa shape index (κ2) is 4.68. The minimum Gasteiger partial charge on any atom is -0.488 e. The lowest BCUT2D eigenvalue weighted by Crippen LogP contribution is -2.08. The number of aromatic carboxylic acids is 1. The third-order valence-electron chi connectivity index (χ3n) is 1.81. The van der Waals surface area contributed by atoms with Crippen LogP contribution < -0.4 is 4.74 Å². The van der Waals surface area contributed by atoms with Gasteiger partial charge in [-0.3, -0.25) is 0 Å². The predicted octanol–water partition coefficient (Wildman–Crippen LogP) is 1.63. The molecular weight excluding hydrogens is 242 g/mol. The van der Waals surface area contributed by atoms with Crippen molar-refractivity contribution in [3.05, 3.63) is 27.4 Å². The maximum absolute atomic E-state index is 12.4. The van der Waals surface area contributed by atoms with E-state index in [-0.39, 0.29) is 0 Å². The Hall–Kier alpha value is -2.32. The number of halogens is 2. The van der Waals surface area contributed by atoms with Gasteiger partial charge in [0.25, 0.3) is 0 Å². The van der Waals surface area contributed by atoms with Gasteiger partial charge >= 0.3 is 18.2 Å². The summed E-state index contributed by atoms with van der Waals surface area (Å²) in [4.78, 5) is 23.3. The molecule has 0 bridgehead atoms. The first kappa shape index (κ1) is 12.7. The molecule has 0 radical (unpaired) electrons. The molecule has 0 amide bonds. The fraction of sp³-hybridized carbons (Fsp3) is 0.250. The van der Waals surface area contributed by atoms with Gasteiger partial charge in [-0.15, -0.1) is 0 Å². The van der Waals surface area contributed by atoms with Crippen molar-refractivity contribution in [2.45, 2.75) is 6.43 Å². The minimum absolute atomic E-state index is 0.541. The van der Waals surface area contributed by atoms with Gasteiger partial charge in [-0.25, -0.2) is 13.6 Å². The van der Waals surface area contributed by atoms with Crippen LogP contribution in [0.4, 0.5) is 14.6 Å². The van der Waals surface area contributed by atoms with Crippen LogP contribution in [0.15, 0.2) is 6.07 Å². The summed E-state index contributed by atoms with van der Waals surface area (Å²) in [6, 6.07) is 0.541. The molecule has 0 aliphatic carbocycles. The second-order valence-electron chi connectivity index (χ2n) is 2.81. The molecule has 0 unspecified atom stereocenters. The first-order valence-electron chi connectivity index (χ1n) is 4.13. The number of rotatable bonds is 4. The van der Waals surface area contributed by atoms with E-state index in [9.17, 15) is 23.7 Å². The van der Waals surface area contributed by atoms with Crippen molar-refractivity contribution in [2.75, 3.05) is 7.11 Å². The molecule has 7 nitrogen and oxygen atoms in total. The average Bonchev–Trinajstić information content (AvgIpc) is 2.26. The van der Waals surface area contributed by atoms with Gasteiger partial charge < -0.3 is 20.0 Å². The molecule has 1 heterocycles. The highest BCUT2D eigenvalue weighted by atomic mass is 19.3. The Kier molecular flexibility index (Phi) is 3.51. The largest absolute Gasteiger partial charge is 0.488 e. The number of carboxylic acid groups (broad SMARTS) is 1. The Labute approximate surface area is 92.8 Å². The highest BCUT2D eigenvalue weighted by Gasteiger charge is 2.30. The third kappa shape index (κ3) is 2.44. The number of pyridine rings is 1. The lowest BCUT2D eigenvalue weighted by atomic mass is 10.2. The van der Waals surface area contributed by atoms with Crippen LogP contribution in [0.3, 0.4) is 0 Å². The molecule has 1 N–H and O–H groups in total. The Morgan fingerprint density at radius 1 is 1.65 bits per heavy atom. The summed E-state index contributed by atoms with van der Waals surface area (Å²) in [6.45, 7) is 0. The summed E-state index contributed by atoms with van der Waals surface area (Å²) in [6.07, 6.45) is -3.11. The number of methoxy groups -OCH3 is 1. The van der Waals surface area contributed by atoms with Crippen molar-refractivity contribution in [3.63, 3.8) is 0 Å². The van der Waals surface area contributed by atoms with Crippen LogP contribution in [0.1, 0.15) is 22.5 Å². The van der Waals surface area contributed by atoms with Crippen LogP contribution in [0.2, 0.25) is 0 Å². The highest BCUT2D eigenvalue weighted by molar-refractivity contribution is 5.92. The Balaban J connectivity index is 3.57. The number of hydrogen-bond donors (Lipinski definition) is 1. The van der Waals surface area contributed by atoms with Crippen LogP contribution in [0.25, 0.3) is 0 Å². The molecule has 0 spiro atoms. The first-order valence-corrected chi connectivity index (χ1v) is 4.13. The Morgan fingerprint density at radius 2 is 2.24 bits per heavy atom. The molecule has 92 valence electrons. The monoisotopic (exact) mass is 248 g/mol. The molecule has 0 saturated carbocycles. The zero-order valence-electron chi connectivity index (χ0n) is 8.39. The van der Waals surface area contributed by atoms with E-state index in [4.69, 9.17) is 5.11 Å². The number of ether oxygens (including phenoxy) is 1. The van der Waals surface area contributed by atoms with E-state index < -0.39 is 40.1 Å². The molecular formula is C8H6F2N2O5. The van der Waals surface area contributed by atoms with Gasteiger partial charge in [-0.2, -0.15) is 0 Å². The van der Waals surface area contributed by atoms with Gasteiger partial charge in [0.05, 0.1) is 7.11 Å². The van der Waals surface area contributed by atoms with Crippen molar-refractivity contribution in [1.29, 1.82) is 0 Å². The van der Waals surface area contributed by atoms with Crippen LogP contribution in [-0.4, -0.2) is 28.1 Å². The lowest BCUT2D eigenvalue weighted by molar-refractivity contribution is -0.390. The summed E-state index contributed by atoms with van der Waals surface area (Å²) in [5.41, 5.74) is -1.72. The molecule has 9 heteroatoms. The van der Waals surface area contributed by atoms with Crippen molar-refractivity contribution in [1.82, 2.24) is 4.98 Å². The summed E-state index contributed by atoms with van der Waals surface area (Å²) in [5.74, 6) is -3.33. The normalized spacial score (nSPS) is 10.4. The van der Waals surface area contributed by atoms with Crippen molar-refractivity contribution >= 4 is 11.8 Å². The standard InChI is InChI=1S/C8H6F2N2O5/c1-17-5-3(8(13)14)2-4(6(9)10)11-7(5)12(15)16/h2,6H,1H3,(H,13,14). The zero-order chi connectivity index (χ0) is 13.2. The SMILES string of the molecule is COc1c(C(=O)O)cc(C(F)F)nc1[N+](=O)[O-]. The van der Waals surface area contributed by atoms with E-state index in [0.717, 1.165) is 7.11 Å². The van der Waals surface area contributed by atoms with Crippen LogP contribution in [-0.2, 0) is 0 Å². The maximum Gasteiger partial charge on any atom is 0.407 e. The summed E-state index contributed by atoms with van der Waals surface area (Å²) < 4.78 is 29.2. The quantitative estimate of drug-likeness (QED) is 0.641. The lowest BCUT2D eigenvalue weighted by Gasteiger charge is -2.05. The van der Waals surface area contributed by atoms with Crippen molar-refractivity contribution in [3.8, 4) is 5.75 Å². The van der Waals surface area contributed by atoms with Crippen LogP contribution in [0, 0.1) is 10.1 Å². The fourth-order valence-corrected chi connectivity index (χ4v) is 1.13.